The van der Waals surface area contributed by atoms with Crippen molar-refractivity contribution in [3.8, 4) is 5.75 Å². The van der Waals surface area contributed by atoms with Crippen molar-refractivity contribution in [3.05, 3.63) is 60.2 Å². The van der Waals surface area contributed by atoms with Crippen molar-refractivity contribution in [1.82, 2.24) is 0 Å². The third-order valence-electron chi connectivity index (χ3n) is 3.15. The number of hydrogen-bond acceptors (Lipinski definition) is 4. The standard InChI is InChI=1S/C16H18O4S/c1-16(17,13-7-4-3-5-8-13)12-20-14-9-6-10-15(11-14)21(2,18)19/h3-11,17H,12H2,1-2H3. The number of sulfone groups is 1. The molecule has 0 spiro atoms. The SMILES string of the molecule is CC(O)(COc1cccc(S(C)(=O)=O)c1)c1ccccc1. The molecule has 0 aromatic heterocycles. The zero-order valence-electron chi connectivity index (χ0n) is 12.0. The van der Waals surface area contributed by atoms with E-state index >= 15 is 0 Å². The summed E-state index contributed by atoms with van der Waals surface area (Å²) >= 11 is 0. The van der Waals surface area contributed by atoms with E-state index in [0.29, 0.717) is 5.75 Å². The minimum Gasteiger partial charge on any atom is -0.490 e. The van der Waals surface area contributed by atoms with Gasteiger partial charge in [0.1, 0.15) is 18.0 Å². The largest absolute Gasteiger partial charge is 0.490 e. The van der Waals surface area contributed by atoms with E-state index in [1.807, 2.05) is 30.3 Å². The van der Waals surface area contributed by atoms with Crippen LogP contribution < -0.4 is 4.74 Å². The molecule has 1 N–H and O–H groups in total. The van der Waals surface area contributed by atoms with Gasteiger partial charge in [-0.25, -0.2) is 8.42 Å². The molecule has 0 amide bonds. The normalized spacial score (nSPS) is 14.4. The molecule has 2 aromatic carbocycles. The molecule has 0 saturated heterocycles. The number of ether oxygens (including phenoxy) is 1. The molecule has 1 unspecified atom stereocenters. The van der Waals surface area contributed by atoms with Gasteiger partial charge < -0.3 is 9.84 Å². The van der Waals surface area contributed by atoms with Gasteiger partial charge in [-0.2, -0.15) is 0 Å². The molecule has 0 bridgehead atoms. The van der Waals surface area contributed by atoms with E-state index < -0.39 is 15.4 Å². The first kappa shape index (κ1) is 15.5. The van der Waals surface area contributed by atoms with Crippen LogP contribution in [0.5, 0.6) is 5.75 Å². The Hall–Kier alpha value is -1.85. The summed E-state index contributed by atoms with van der Waals surface area (Å²) in [5.74, 6) is 0.411. The first-order valence-corrected chi connectivity index (χ1v) is 8.39. The maximum atomic E-state index is 11.5. The van der Waals surface area contributed by atoms with Crippen LogP contribution in [-0.4, -0.2) is 26.4 Å². The molecule has 0 aliphatic carbocycles. The molecule has 5 heteroatoms. The van der Waals surface area contributed by atoms with Crippen LogP contribution in [-0.2, 0) is 15.4 Å². The summed E-state index contributed by atoms with van der Waals surface area (Å²) in [6.07, 6.45) is 1.15. The van der Waals surface area contributed by atoms with Crippen molar-refractivity contribution in [3.63, 3.8) is 0 Å². The van der Waals surface area contributed by atoms with E-state index in [-0.39, 0.29) is 11.5 Å². The van der Waals surface area contributed by atoms with Crippen molar-refractivity contribution >= 4 is 9.84 Å². The lowest BCUT2D eigenvalue weighted by atomic mass is 9.97. The summed E-state index contributed by atoms with van der Waals surface area (Å²) in [5, 5.41) is 10.4. The Labute approximate surface area is 124 Å². The fraction of sp³-hybridized carbons (Fsp3) is 0.250. The molecular weight excluding hydrogens is 288 g/mol. The average Bonchev–Trinajstić information content (AvgIpc) is 2.46. The zero-order valence-corrected chi connectivity index (χ0v) is 12.8. The molecule has 0 radical (unpaired) electrons. The van der Waals surface area contributed by atoms with Gasteiger partial charge in [-0.1, -0.05) is 36.4 Å². The smallest absolute Gasteiger partial charge is 0.175 e. The van der Waals surface area contributed by atoms with Crippen molar-refractivity contribution in [2.24, 2.45) is 0 Å². The van der Waals surface area contributed by atoms with Gasteiger partial charge in [-0.15, -0.1) is 0 Å². The van der Waals surface area contributed by atoms with E-state index in [2.05, 4.69) is 0 Å². The van der Waals surface area contributed by atoms with Crippen LogP contribution in [0.25, 0.3) is 0 Å². The fourth-order valence-corrected chi connectivity index (χ4v) is 2.56. The average molecular weight is 306 g/mol. The number of aliphatic hydroxyl groups is 1. The molecule has 21 heavy (non-hydrogen) atoms. The predicted molar refractivity (Wildman–Crippen MR) is 81.1 cm³/mol. The first-order valence-electron chi connectivity index (χ1n) is 6.50. The molecule has 0 aliphatic heterocycles. The van der Waals surface area contributed by atoms with Crippen LogP contribution in [0.4, 0.5) is 0 Å². The maximum absolute atomic E-state index is 11.5. The molecule has 112 valence electrons. The molecule has 0 fully saturated rings. The van der Waals surface area contributed by atoms with Gasteiger partial charge >= 0.3 is 0 Å². The molecule has 2 rings (SSSR count). The summed E-state index contributed by atoms with van der Waals surface area (Å²) < 4.78 is 28.6. The lowest BCUT2D eigenvalue weighted by molar-refractivity contribution is 0.00753. The van der Waals surface area contributed by atoms with Gasteiger partial charge in [0, 0.05) is 6.26 Å². The second-order valence-electron chi connectivity index (χ2n) is 5.18. The predicted octanol–water partition coefficient (Wildman–Crippen LogP) is 2.38. The Bertz CT molecular complexity index is 706. The molecule has 0 heterocycles. The van der Waals surface area contributed by atoms with E-state index in [1.54, 1.807) is 19.1 Å². The second kappa shape index (κ2) is 5.87. The van der Waals surface area contributed by atoms with Gasteiger partial charge in [0.05, 0.1) is 4.90 Å². The summed E-state index contributed by atoms with van der Waals surface area (Å²) in [6, 6.07) is 15.4. The third kappa shape index (κ3) is 4.06. The molecule has 0 saturated carbocycles. The number of benzene rings is 2. The molecule has 0 aliphatic rings. The fourth-order valence-electron chi connectivity index (χ4n) is 1.90. The van der Waals surface area contributed by atoms with E-state index in [4.69, 9.17) is 4.74 Å². The van der Waals surface area contributed by atoms with Gasteiger partial charge in [0.25, 0.3) is 0 Å². The highest BCUT2D eigenvalue weighted by Crippen LogP contribution is 2.23. The number of rotatable bonds is 5. The Morgan fingerprint density at radius 2 is 1.76 bits per heavy atom. The van der Waals surface area contributed by atoms with Gasteiger partial charge in [-0.3, -0.25) is 0 Å². The number of hydrogen-bond donors (Lipinski definition) is 1. The highest BCUT2D eigenvalue weighted by molar-refractivity contribution is 7.90. The molecule has 2 aromatic rings. The van der Waals surface area contributed by atoms with Crippen molar-refractivity contribution in [2.75, 3.05) is 12.9 Å². The monoisotopic (exact) mass is 306 g/mol. The Kier molecular flexibility index (Phi) is 4.34. The second-order valence-corrected chi connectivity index (χ2v) is 7.19. The van der Waals surface area contributed by atoms with Crippen molar-refractivity contribution in [2.45, 2.75) is 17.4 Å². The van der Waals surface area contributed by atoms with Crippen molar-refractivity contribution < 1.29 is 18.3 Å². The minimum absolute atomic E-state index is 0.0320. The summed E-state index contributed by atoms with van der Waals surface area (Å²) in [4.78, 5) is 0.194. The summed E-state index contributed by atoms with van der Waals surface area (Å²) in [7, 11) is -3.27. The Morgan fingerprint density at radius 1 is 1.10 bits per heavy atom. The van der Waals surface area contributed by atoms with E-state index in [1.165, 1.54) is 12.1 Å². The minimum atomic E-state index is -3.27. The van der Waals surface area contributed by atoms with Crippen LogP contribution in [0.2, 0.25) is 0 Å². The molecule has 4 nitrogen and oxygen atoms in total. The van der Waals surface area contributed by atoms with Crippen LogP contribution in [0.3, 0.4) is 0 Å². The topological polar surface area (TPSA) is 63.6 Å². The Balaban J connectivity index is 2.13. The van der Waals surface area contributed by atoms with Crippen LogP contribution in [0, 0.1) is 0 Å². The van der Waals surface area contributed by atoms with Gasteiger partial charge in [-0.05, 0) is 30.7 Å². The quantitative estimate of drug-likeness (QED) is 0.921. The van der Waals surface area contributed by atoms with Crippen molar-refractivity contribution in [1.29, 1.82) is 0 Å². The molecular formula is C16H18O4S. The highest BCUT2D eigenvalue weighted by Gasteiger charge is 2.24. The van der Waals surface area contributed by atoms with E-state index in [9.17, 15) is 13.5 Å². The third-order valence-corrected chi connectivity index (χ3v) is 4.26. The maximum Gasteiger partial charge on any atom is 0.175 e. The van der Waals surface area contributed by atoms with Crippen LogP contribution in [0.15, 0.2) is 59.5 Å². The van der Waals surface area contributed by atoms with Crippen LogP contribution in [0.1, 0.15) is 12.5 Å². The Morgan fingerprint density at radius 3 is 2.38 bits per heavy atom. The lowest BCUT2D eigenvalue weighted by Gasteiger charge is -2.24. The lowest BCUT2D eigenvalue weighted by Crippen LogP contribution is -2.29. The summed E-state index contributed by atoms with van der Waals surface area (Å²) in [6.45, 7) is 1.69. The van der Waals surface area contributed by atoms with E-state index in [0.717, 1.165) is 11.8 Å². The zero-order chi connectivity index (χ0) is 15.5. The highest BCUT2D eigenvalue weighted by atomic mass is 32.2. The summed E-state index contributed by atoms with van der Waals surface area (Å²) in [5.41, 5.74) is -0.410. The van der Waals surface area contributed by atoms with Crippen LogP contribution >= 0.6 is 0 Å². The van der Waals surface area contributed by atoms with Gasteiger partial charge in [0.15, 0.2) is 9.84 Å². The molecule has 1 atom stereocenters. The first-order chi connectivity index (χ1) is 9.79. The van der Waals surface area contributed by atoms with Gasteiger partial charge in [0.2, 0.25) is 0 Å².